The molecule has 1 aliphatic rings. The van der Waals surface area contributed by atoms with Crippen LogP contribution in [0.5, 0.6) is 5.75 Å². The standard InChI is InChI=1S/C24H25F7O2/c1-14(32-2)15-3-5-16(6-4-15)17-7-9-18(10-8-17)19-11-12-21(20(25)13-19)33-24(30,31)22(26)23(27,28)29/h7-16,22H,3-6H2,1-2H3. The summed E-state index contributed by atoms with van der Waals surface area (Å²) in [7, 11) is 1.71. The van der Waals surface area contributed by atoms with Crippen molar-refractivity contribution in [3.63, 3.8) is 0 Å². The fourth-order valence-corrected chi connectivity index (χ4v) is 4.21. The Kier molecular flexibility index (Phi) is 7.61. The van der Waals surface area contributed by atoms with Gasteiger partial charge in [0.2, 0.25) is 0 Å². The minimum absolute atomic E-state index is 0.222. The molecule has 1 aliphatic carbocycles. The Balaban J connectivity index is 1.68. The van der Waals surface area contributed by atoms with E-state index in [0.717, 1.165) is 43.4 Å². The highest BCUT2D eigenvalue weighted by molar-refractivity contribution is 5.64. The predicted octanol–water partition coefficient (Wildman–Crippen LogP) is 7.67. The number of rotatable bonds is 7. The second kappa shape index (κ2) is 9.91. The molecule has 0 amide bonds. The molecular weight excluding hydrogens is 453 g/mol. The molecule has 1 saturated carbocycles. The molecule has 2 atom stereocenters. The average Bonchev–Trinajstić information content (AvgIpc) is 2.79. The smallest absolute Gasteiger partial charge is 0.427 e. The third-order valence-corrected chi connectivity index (χ3v) is 6.28. The summed E-state index contributed by atoms with van der Waals surface area (Å²) in [6.45, 7) is 2.07. The third-order valence-electron chi connectivity index (χ3n) is 6.28. The average molecular weight is 478 g/mol. The number of halogens is 7. The number of hydrogen-bond donors (Lipinski definition) is 0. The molecule has 0 aliphatic heterocycles. The molecule has 2 aromatic rings. The first-order chi connectivity index (χ1) is 15.4. The second-order valence-electron chi connectivity index (χ2n) is 8.39. The summed E-state index contributed by atoms with van der Waals surface area (Å²) in [5, 5.41) is 0. The van der Waals surface area contributed by atoms with E-state index < -0.39 is 30.0 Å². The normalized spacial score (nSPS) is 21.5. The highest BCUT2D eigenvalue weighted by atomic mass is 19.4. The zero-order valence-corrected chi connectivity index (χ0v) is 18.1. The van der Waals surface area contributed by atoms with Crippen LogP contribution >= 0.6 is 0 Å². The molecule has 0 aromatic heterocycles. The van der Waals surface area contributed by atoms with Gasteiger partial charge in [0.05, 0.1) is 6.10 Å². The molecule has 0 spiro atoms. The number of methoxy groups -OCH3 is 1. The van der Waals surface area contributed by atoms with Gasteiger partial charge < -0.3 is 9.47 Å². The van der Waals surface area contributed by atoms with Crippen molar-refractivity contribution in [3.05, 3.63) is 53.8 Å². The van der Waals surface area contributed by atoms with Crippen molar-refractivity contribution in [2.24, 2.45) is 5.92 Å². The van der Waals surface area contributed by atoms with Crippen molar-refractivity contribution in [2.45, 2.75) is 63.1 Å². The quantitative estimate of drug-likeness (QED) is 0.380. The van der Waals surface area contributed by atoms with Gasteiger partial charge in [-0.05, 0) is 73.3 Å². The summed E-state index contributed by atoms with van der Waals surface area (Å²) in [5.41, 5.74) is 2.06. The van der Waals surface area contributed by atoms with Crippen LogP contribution in [0, 0.1) is 11.7 Å². The summed E-state index contributed by atoms with van der Waals surface area (Å²) < 4.78 is 99.9. The Morgan fingerprint density at radius 2 is 1.45 bits per heavy atom. The fraction of sp³-hybridized carbons (Fsp3) is 0.500. The first-order valence-electron chi connectivity index (χ1n) is 10.6. The first-order valence-corrected chi connectivity index (χ1v) is 10.6. The number of benzene rings is 2. The van der Waals surface area contributed by atoms with Gasteiger partial charge in [-0.15, -0.1) is 0 Å². The molecule has 2 unspecified atom stereocenters. The monoisotopic (exact) mass is 478 g/mol. The Morgan fingerprint density at radius 3 is 1.97 bits per heavy atom. The van der Waals surface area contributed by atoms with E-state index in [2.05, 4.69) is 11.7 Å². The molecule has 9 heteroatoms. The minimum Gasteiger partial charge on any atom is -0.427 e. The second-order valence-corrected chi connectivity index (χ2v) is 8.39. The van der Waals surface area contributed by atoms with Crippen molar-refractivity contribution < 1.29 is 40.2 Å². The molecule has 2 aromatic carbocycles. The molecular formula is C24H25F7O2. The van der Waals surface area contributed by atoms with Crippen LogP contribution in [0.2, 0.25) is 0 Å². The molecule has 182 valence electrons. The van der Waals surface area contributed by atoms with Crippen LogP contribution in [0.15, 0.2) is 42.5 Å². The lowest BCUT2D eigenvalue weighted by molar-refractivity contribution is -0.305. The van der Waals surface area contributed by atoms with Gasteiger partial charge >= 0.3 is 12.3 Å². The lowest BCUT2D eigenvalue weighted by Crippen LogP contribution is -2.45. The van der Waals surface area contributed by atoms with Crippen LogP contribution in [0.25, 0.3) is 11.1 Å². The van der Waals surface area contributed by atoms with E-state index in [-0.39, 0.29) is 6.10 Å². The van der Waals surface area contributed by atoms with Crippen molar-refractivity contribution >= 4 is 0 Å². The Hall–Kier alpha value is -2.29. The largest absolute Gasteiger partial charge is 0.439 e. The lowest BCUT2D eigenvalue weighted by atomic mass is 9.77. The van der Waals surface area contributed by atoms with Gasteiger partial charge in [0.15, 0.2) is 11.6 Å². The van der Waals surface area contributed by atoms with Gasteiger partial charge in [0.1, 0.15) is 0 Å². The zero-order valence-electron chi connectivity index (χ0n) is 18.1. The maximum atomic E-state index is 14.3. The Labute approximate surface area is 187 Å². The number of hydrogen-bond acceptors (Lipinski definition) is 2. The van der Waals surface area contributed by atoms with Crippen molar-refractivity contribution in [1.29, 1.82) is 0 Å². The summed E-state index contributed by atoms with van der Waals surface area (Å²) in [6, 6.07) is 10.2. The van der Waals surface area contributed by atoms with Gasteiger partial charge in [0.25, 0.3) is 6.17 Å². The molecule has 2 nitrogen and oxygen atoms in total. The summed E-state index contributed by atoms with van der Waals surface area (Å²) in [4.78, 5) is 0. The Morgan fingerprint density at radius 1 is 0.879 bits per heavy atom. The van der Waals surface area contributed by atoms with E-state index in [4.69, 9.17) is 4.74 Å². The van der Waals surface area contributed by atoms with Crippen molar-refractivity contribution in [1.82, 2.24) is 0 Å². The van der Waals surface area contributed by atoms with Crippen LogP contribution in [0.1, 0.15) is 44.1 Å². The van der Waals surface area contributed by atoms with Crippen molar-refractivity contribution in [3.8, 4) is 16.9 Å². The predicted molar refractivity (Wildman–Crippen MR) is 110 cm³/mol. The summed E-state index contributed by atoms with van der Waals surface area (Å²) in [5.74, 6) is -1.56. The SMILES string of the molecule is COC(C)C1CCC(c2ccc(-c3ccc(OC(F)(F)C(F)C(F)(F)F)c(F)c3)cc2)CC1. The van der Waals surface area contributed by atoms with Crippen molar-refractivity contribution in [2.75, 3.05) is 7.11 Å². The molecule has 3 rings (SSSR count). The van der Waals surface area contributed by atoms with Gasteiger partial charge in [-0.1, -0.05) is 30.3 Å². The zero-order chi connectivity index (χ0) is 24.4. The van der Waals surface area contributed by atoms with Gasteiger partial charge in [-0.3, -0.25) is 0 Å². The van der Waals surface area contributed by atoms with Crippen LogP contribution in [-0.4, -0.2) is 31.7 Å². The summed E-state index contributed by atoms with van der Waals surface area (Å²) in [6.07, 6.45) is -11.3. The van der Waals surface area contributed by atoms with E-state index in [1.54, 1.807) is 19.2 Å². The van der Waals surface area contributed by atoms with E-state index in [1.165, 1.54) is 6.07 Å². The molecule has 0 bridgehead atoms. The Bertz CT molecular complexity index is 919. The minimum atomic E-state index is -5.84. The summed E-state index contributed by atoms with van der Waals surface area (Å²) >= 11 is 0. The maximum absolute atomic E-state index is 14.3. The first kappa shape index (κ1) is 25.3. The molecule has 1 fully saturated rings. The van der Waals surface area contributed by atoms with E-state index in [0.29, 0.717) is 23.0 Å². The highest BCUT2D eigenvalue weighted by Crippen LogP contribution is 2.39. The van der Waals surface area contributed by atoms with E-state index >= 15 is 0 Å². The number of alkyl halides is 6. The van der Waals surface area contributed by atoms with Crippen LogP contribution < -0.4 is 4.74 Å². The van der Waals surface area contributed by atoms with Gasteiger partial charge in [-0.25, -0.2) is 8.78 Å². The van der Waals surface area contributed by atoms with E-state index in [9.17, 15) is 30.7 Å². The lowest BCUT2D eigenvalue weighted by Gasteiger charge is -2.31. The molecule has 33 heavy (non-hydrogen) atoms. The fourth-order valence-electron chi connectivity index (χ4n) is 4.21. The van der Waals surface area contributed by atoms with Crippen LogP contribution in [-0.2, 0) is 4.74 Å². The number of ether oxygens (including phenoxy) is 2. The topological polar surface area (TPSA) is 18.5 Å². The molecule has 0 radical (unpaired) electrons. The molecule has 0 heterocycles. The van der Waals surface area contributed by atoms with Crippen LogP contribution in [0.3, 0.4) is 0 Å². The third kappa shape index (κ3) is 5.99. The molecule has 0 N–H and O–H groups in total. The van der Waals surface area contributed by atoms with Gasteiger partial charge in [0, 0.05) is 7.11 Å². The van der Waals surface area contributed by atoms with Crippen LogP contribution in [0.4, 0.5) is 30.7 Å². The maximum Gasteiger partial charge on any atom is 0.439 e. The molecule has 0 saturated heterocycles. The van der Waals surface area contributed by atoms with Gasteiger partial charge in [-0.2, -0.15) is 22.0 Å². The highest BCUT2D eigenvalue weighted by Gasteiger charge is 2.59. The van der Waals surface area contributed by atoms with E-state index in [1.807, 2.05) is 12.1 Å².